The van der Waals surface area contributed by atoms with Gasteiger partial charge in [-0.05, 0) is 92.2 Å². The number of hydrogen-bond acceptors (Lipinski definition) is 0. The Bertz CT molecular complexity index is 730. The molecular weight excluding hydrogens is 288 g/mol. The van der Waals surface area contributed by atoms with Gasteiger partial charge in [0.2, 0.25) is 0 Å². The van der Waals surface area contributed by atoms with E-state index in [2.05, 4.69) is 56.3 Å². The lowest BCUT2D eigenvalue weighted by molar-refractivity contribution is -0.00519. The Morgan fingerprint density at radius 1 is 0.667 bits per heavy atom. The Morgan fingerprint density at radius 3 is 1.83 bits per heavy atom. The molecule has 0 heteroatoms. The average molecular weight is 316 g/mol. The molecule has 0 N–H and O–H groups in total. The lowest BCUT2D eigenvalue weighted by Crippen LogP contribution is -2.48. The molecule has 4 saturated carbocycles. The Balaban J connectivity index is 1.58. The van der Waals surface area contributed by atoms with Crippen LogP contribution in [0, 0.1) is 31.6 Å². The van der Waals surface area contributed by atoms with E-state index in [4.69, 9.17) is 0 Å². The summed E-state index contributed by atoms with van der Waals surface area (Å²) in [6.45, 7) is 4.45. The first-order valence-electron chi connectivity index (χ1n) is 9.79. The summed E-state index contributed by atoms with van der Waals surface area (Å²) in [6, 6.07) is 16.5. The summed E-state index contributed by atoms with van der Waals surface area (Å²) in [6.07, 6.45) is 8.93. The maximum absolute atomic E-state index is 2.53. The van der Waals surface area contributed by atoms with Gasteiger partial charge in [-0.1, -0.05) is 53.6 Å². The molecule has 0 heterocycles. The fourth-order valence-corrected chi connectivity index (χ4v) is 6.47. The van der Waals surface area contributed by atoms with Crippen molar-refractivity contribution >= 4 is 0 Å². The van der Waals surface area contributed by atoms with Gasteiger partial charge in [-0.3, -0.25) is 0 Å². The van der Waals surface area contributed by atoms with Gasteiger partial charge in [0, 0.05) is 0 Å². The average Bonchev–Trinajstić information content (AvgIpc) is 2.54. The molecule has 0 amide bonds. The zero-order chi connectivity index (χ0) is 16.3. The third-order valence-electron chi connectivity index (χ3n) is 7.11. The van der Waals surface area contributed by atoms with Crippen LogP contribution >= 0.6 is 0 Å². The monoisotopic (exact) mass is 316 g/mol. The molecule has 0 aliphatic heterocycles. The summed E-state index contributed by atoms with van der Waals surface area (Å²) in [5, 5.41) is 0. The van der Waals surface area contributed by atoms with E-state index in [1.54, 1.807) is 5.56 Å². The quantitative estimate of drug-likeness (QED) is 0.598. The summed E-state index contributed by atoms with van der Waals surface area (Å²) in [5.41, 5.74) is 7.71. The molecular formula is C24H28. The van der Waals surface area contributed by atoms with Crippen LogP contribution in [0.3, 0.4) is 0 Å². The van der Waals surface area contributed by atoms with E-state index in [1.165, 1.54) is 60.8 Å². The highest BCUT2D eigenvalue weighted by molar-refractivity contribution is 5.66. The predicted molar refractivity (Wildman–Crippen MR) is 101 cm³/mol. The van der Waals surface area contributed by atoms with Gasteiger partial charge in [0.1, 0.15) is 0 Å². The molecule has 0 radical (unpaired) electrons. The lowest BCUT2D eigenvalue weighted by Gasteiger charge is -2.57. The Morgan fingerprint density at radius 2 is 1.25 bits per heavy atom. The zero-order valence-corrected chi connectivity index (χ0v) is 15.0. The molecule has 24 heavy (non-hydrogen) atoms. The Hall–Kier alpha value is -1.56. The SMILES string of the molecule is Cc1ccc(-c2cc(C)cc(C34CC5CC(CC(C5)C3)C4)c2)cc1. The zero-order valence-electron chi connectivity index (χ0n) is 15.0. The van der Waals surface area contributed by atoms with E-state index in [-0.39, 0.29) is 0 Å². The van der Waals surface area contributed by atoms with Crippen LogP contribution in [0.15, 0.2) is 42.5 Å². The van der Waals surface area contributed by atoms with Crippen molar-refractivity contribution in [3.63, 3.8) is 0 Å². The van der Waals surface area contributed by atoms with E-state index in [0.717, 1.165) is 17.8 Å². The van der Waals surface area contributed by atoms with Crippen LogP contribution in [-0.4, -0.2) is 0 Å². The topological polar surface area (TPSA) is 0 Å². The van der Waals surface area contributed by atoms with Crippen LogP contribution in [0.2, 0.25) is 0 Å². The molecule has 0 unspecified atom stereocenters. The highest BCUT2D eigenvalue weighted by Crippen LogP contribution is 2.60. The molecule has 0 atom stereocenters. The number of aryl methyl sites for hydroxylation is 2. The fourth-order valence-electron chi connectivity index (χ4n) is 6.47. The summed E-state index contributed by atoms with van der Waals surface area (Å²) >= 11 is 0. The lowest BCUT2D eigenvalue weighted by atomic mass is 9.48. The molecule has 0 aromatic heterocycles. The highest BCUT2D eigenvalue weighted by atomic mass is 14.6. The summed E-state index contributed by atoms with van der Waals surface area (Å²) in [5.74, 6) is 3.04. The van der Waals surface area contributed by atoms with Crippen molar-refractivity contribution in [2.75, 3.05) is 0 Å². The first-order chi connectivity index (χ1) is 11.6. The van der Waals surface area contributed by atoms with Crippen molar-refractivity contribution in [3.8, 4) is 11.1 Å². The number of rotatable bonds is 2. The minimum atomic E-state index is 0.500. The van der Waals surface area contributed by atoms with E-state index in [1.807, 2.05) is 0 Å². The van der Waals surface area contributed by atoms with Crippen molar-refractivity contribution < 1.29 is 0 Å². The number of benzene rings is 2. The largest absolute Gasteiger partial charge is 0.0587 e. The van der Waals surface area contributed by atoms with Crippen LogP contribution in [0.1, 0.15) is 55.2 Å². The summed E-state index contributed by atoms with van der Waals surface area (Å²) in [4.78, 5) is 0. The molecule has 124 valence electrons. The Kier molecular flexibility index (Phi) is 3.21. The van der Waals surface area contributed by atoms with Crippen LogP contribution in [-0.2, 0) is 5.41 Å². The van der Waals surface area contributed by atoms with Gasteiger partial charge in [0.25, 0.3) is 0 Å². The van der Waals surface area contributed by atoms with Gasteiger partial charge in [-0.2, -0.15) is 0 Å². The maximum atomic E-state index is 2.53. The predicted octanol–water partition coefficient (Wildman–Crippen LogP) is 6.44. The second kappa shape index (κ2) is 5.22. The third kappa shape index (κ3) is 2.34. The molecule has 2 aromatic rings. The van der Waals surface area contributed by atoms with Crippen molar-refractivity contribution in [3.05, 3.63) is 59.2 Å². The summed E-state index contributed by atoms with van der Waals surface area (Å²) < 4.78 is 0. The van der Waals surface area contributed by atoms with Crippen molar-refractivity contribution in [1.82, 2.24) is 0 Å². The minimum absolute atomic E-state index is 0.500. The second-order valence-electron chi connectivity index (χ2n) is 9.15. The minimum Gasteiger partial charge on any atom is -0.0587 e. The van der Waals surface area contributed by atoms with Crippen molar-refractivity contribution in [2.45, 2.75) is 57.8 Å². The molecule has 2 aromatic carbocycles. The fraction of sp³-hybridized carbons (Fsp3) is 0.500. The van der Waals surface area contributed by atoms with E-state index in [0.29, 0.717) is 5.41 Å². The first-order valence-corrected chi connectivity index (χ1v) is 9.79. The van der Waals surface area contributed by atoms with Gasteiger partial charge in [-0.25, -0.2) is 0 Å². The van der Waals surface area contributed by atoms with Crippen LogP contribution in [0.25, 0.3) is 11.1 Å². The maximum Gasteiger partial charge on any atom is -0.00387 e. The van der Waals surface area contributed by atoms with Gasteiger partial charge in [0.15, 0.2) is 0 Å². The molecule has 0 saturated heterocycles. The highest BCUT2D eigenvalue weighted by Gasteiger charge is 2.51. The van der Waals surface area contributed by atoms with Gasteiger partial charge >= 0.3 is 0 Å². The molecule has 6 rings (SSSR count). The van der Waals surface area contributed by atoms with E-state index in [9.17, 15) is 0 Å². The number of hydrogen-bond donors (Lipinski definition) is 0. The smallest absolute Gasteiger partial charge is 0.00387 e. The molecule has 4 fully saturated rings. The van der Waals surface area contributed by atoms with E-state index < -0.39 is 0 Å². The Labute approximate surface area is 146 Å². The first kappa shape index (κ1) is 14.8. The van der Waals surface area contributed by atoms with Crippen LogP contribution in [0.5, 0.6) is 0 Å². The van der Waals surface area contributed by atoms with Gasteiger partial charge < -0.3 is 0 Å². The second-order valence-corrected chi connectivity index (χ2v) is 9.15. The third-order valence-corrected chi connectivity index (χ3v) is 7.11. The van der Waals surface area contributed by atoms with Crippen molar-refractivity contribution in [1.29, 1.82) is 0 Å². The molecule has 4 aliphatic rings. The summed E-state index contributed by atoms with van der Waals surface area (Å²) in [7, 11) is 0. The van der Waals surface area contributed by atoms with Gasteiger partial charge in [0.05, 0.1) is 0 Å². The van der Waals surface area contributed by atoms with Crippen molar-refractivity contribution in [2.24, 2.45) is 17.8 Å². The van der Waals surface area contributed by atoms with Crippen LogP contribution < -0.4 is 0 Å². The molecule has 0 nitrogen and oxygen atoms in total. The molecule has 4 aliphatic carbocycles. The van der Waals surface area contributed by atoms with Gasteiger partial charge in [-0.15, -0.1) is 0 Å². The normalized spacial score (nSPS) is 33.8. The van der Waals surface area contributed by atoms with Crippen LogP contribution in [0.4, 0.5) is 0 Å². The standard InChI is InChI=1S/C24H28/c1-16-3-5-21(6-4-16)22-7-17(2)8-23(12-22)24-13-18-9-19(14-24)11-20(10-18)15-24/h3-8,12,18-20H,9-11,13-15H2,1-2H3. The molecule has 0 spiro atoms. The molecule has 4 bridgehead atoms. The van der Waals surface area contributed by atoms with E-state index >= 15 is 0 Å².